The molecule has 2 nitrogen and oxygen atoms in total. The Morgan fingerprint density at radius 3 is 2.73 bits per heavy atom. The number of aliphatic hydroxyl groups is 2. The van der Waals surface area contributed by atoms with Crippen molar-refractivity contribution in [3.05, 3.63) is 0 Å². The zero-order valence-corrected chi connectivity index (χ0v) is 9.95. The summed E-state index contributed by atoms with van der Waals surface area (Å²) in [5.74, 6) is 1.50. The first kappa shape index (κ1) is 11.4. The Kier molecular flexibility index (Phi) is 3.09. The van der Waals surface area contributed by atoms with Crippen LogP contribution < -0.4 is 0 Å². The van der Waals surface area contributed by atoms with E-state index in [0.717, 1.165) is 19.3 Å². The fraction of sp³-hybridized carbons (Fsp3) is 1.00. The normalized spacial score (nSPS) is 47.6. The van der Waals surface area contributed by atoms with E-state index < -0.39 is 0 Å². The molecule has 2 aliphatic carbocycles. The topological polar surface area (TPSA) is 40.5 Å². The van der Waals surface area contributed by atoms with E-state index in [2.05, 4.69) is 13.8 Å². The minimum Gasteiger partial charge on any atom is -0.396 e. The van der Waals surface area contributed by atoms with E-state index >= 15 is 0 Å². The molecule has 0 aromatic rings. The molecule has 0 bridgehead atoms. The molecule has 2 N–H and O–H groups in total. The Labute approximate surface area is 92.7 Å². The summed E-state index contributed by atoms with van der Waals surface area (Å²) in [6.45, 7) is 4.78. The van der Waals surface area contributed by atoms with Gasteiger partial charge in [-0.25, -0.2) is 0 Å². The second-order valence-corrected chi connectivity index (χ2v) is 5.92. The smallest absolute Gasteiger partial charge is 0.0573 e. The maximum atomic E-state index is 10.1. The number of hydrogen-bond acceptors (Lipinski definition) is 2. The lowest BCUT2D eigenvalue weighted by Gasteiger charge is -2.45. The highest BCUT2D eigenvalue weighted by Crippen LogP contribution is 2.57. The zero-order valence-electron chi connectivity index (χ0n) is 9.95. The first-order valence-electron chi connectivity index (χ1n) is 6.38. The van der Waals surface area contributed by atoms with Crippen molar-refractivity contribution in [1.82, 2.24) is 0 Å². The molecule has 2 aliphatic rings. The Hall–Kier alpha value is -0.0800. The van der Waals surface area contributed by atoms with E-state index in [0.29, 0.717) is 29.8 Å². The van der Waals surface area contributed by atoms with E-state index in [1.807, 2.05) is 0 Å². The van der Waals surface area contributed by atoms with Gasteiger partial charge in [-0.2, -0.15) is 0 Å². The molecule has 5 atom stereocenters. The Bertz CT molecular complexity index is 229. The van der Waals surface area contributed by atoms with Crippen molar-refractivity contribution in [2.24, 2.45) is 23.2 Å². The summed E-state index contributed by atoms with van der Waals surface area (Å²) in [5, 5.41) is 19.4. The van der Waals surface area contributed by atoms with E-state index in [-0.39, 0.29) is 6.10 Å². The van der Waals surface area contributed by atoms with E-state index in [4.69, 9.17) is 0 Å². The number of fused-ring (bicyclic) bond motifs is 1. The van der Waals surface area contributed by atoms with Gasteiger partial charge in [0.25, 0.3) is 0 Å². The maximum absolute atomic E-state index is 10.1. The van der Waals surface area contributed by atoms with Gasteiger partial charge in [0.2, 0.25) is 0 Å². The van der Waals surface area contributed by atoms with Crippen molar-refractivity contribution in [3.8, 4) is 0 Å². The molecule has 2 unspecified atom stereocenters. The van der Waals surface area contributed by atoms with Gasteiger partial charge in [0.1, 0.15) is 0 Å². The molecule has 2 rings (SSSR count). The minimum absolute atomic E-state index is 0.0837. The van der Waals surface area contributed by atoms with Crippen LogP contribution in [0.3, 0.4) is 0 Å². The van der Waals surface area contributed by atoms with E-state index in [1.54, 1.807) is 0 Å². The van der Waals surface area contributed by atoms with Crippen molar-refractivity contribution < 1.29 is 10.2 Å². The standard InChI is InChI=1S/C13H24O2/c1-9(8-14)10-5-6-11-12(15)4-3-7-13(10,11)2/h9-12,14-15H,3-8H2,1-2H3/t9?,10?,11-,12-,13+/m0/s1. The Balaban J connectivity index is 2.17. The van der Waals surface area contributed by atoms with Gasteiger partial charge in [0, 0.05) is 6.61 Å². The van der Waals surface area contributed by atoms with Gasteiger partial charge in [-0.15, -0.1) is 0 Å². The molecule has 0 amide bonds. The van der Waals surface area contributed by atoms with Crippen molar-refractivity contribution >= 4 is 0 Å². The lowest BCUT2D eigenvalue weighted by Crippen LogP contribution is -2.41. The van der Waals surface area contributed by atoms with Crippen LogP contribution in [0.1, 0.15) is 46.0 Å². The molecule has 15 heavy (non-hydrogen) atoms. The second kappa shape index (κ2) is 4.06. The summed E-state index contributed by atoms with van der Waals surface area (Å²) in [6.07, 6.45) is 5.65. The molecule has 88 valence electrons. The van der Waals surface area contributed by atoms with Crippen LogP contribution in [0.15, 0.2) is 0 Å². The summed E-state index contributed by atoms with van der Waals surface area (Å²) in [5.41, 5.74) is 0.291. The van der Waals surface area contributed by atoms with Crippen LogP contribution in [0.2, 0.25) is 0 Å². The highest BCUT2D eigenvalue weighted by Gasteiger charge is 2.51. The summed E-state index contributed by atoms with van der Waals surface area (Å²) >= 11 is 0. The molecule has 0 spiro atoms. The molecule has 0 saturated heterocycles. The van der Waals surface area contributed by atoms with Crippen molar-refractivity contribution in [3.63, 3.8) is 0 Å². The third-order valence-corrected chi connectivity index (χ3v) is 5.14. The SMILES string of the molecule is CC(CO)C1CC[C@H]2[C@@H](O)CCC[C@]12C. The predicted octanol–water partition coefficient (Wildman–Crippen LogP) is 2.19. The highest BCUT2D eigenvalue weighted by atomic mass is 16.3. The molecule has 0 heterocycles. The summed E-state index contributed by atoms with van der Waals surface area (Å²) < 4.78 is 0. The number of aliphatic hydroxyl groups excluding tert-OH is 2. The van der Waals surface area contributed by atoms with E-state index in [1.165, 1.54) is 12.8 Å². The lowest BCUT2D eigenvalue weighted by molar-refractivity contribution is -0.0321. The van der Waals surface area contributed by atoms with Crippen molar-refractivity contribution in [2.45, 2.75) is 52.1 Å². The molecule has 0 aromatic carbocycles. The molecule has 0 radical (unpaired) electrons. The molecule has 2 heteroatoms. The summed E-state index contributed by atoms with van der Waals surface area (Å²) in [4.78, 5) is 0. The Morgan fingerprint density at radius 1 is 1.33 bits per heavy atom. The fourth-order valence-corrected chi connectivity index (χ4v) is 4.25. The monoisotopic (exact) mass is 212 g/mol. The fourth-order valence-electron chi connectivity index (χ4n) is 4.25. The maximum Gasteiger partial charge on any atom is 0.0573 e. The van der Waals surface area contributed by atoms with Crippen LogP contribution in [0.5, 0.6) is 0 Å². The number of hydrogen-bond donors (Lipinski definition) is 2. The molecule has 0 aliphatic heterocycles. The molecular weight excluding hydrogens is 188 g/mol. The average Bonchev–Trinajstić information content (AvgIpc) is 2.56. The largest absolute Gasteiger partial charge is 0.396 e. The van der Waals surface area contributed by atoms with Crippen LogP contribution in [0.25, 0.3) is 0 Å². The van der Waals surface area contributed by atoms with Crippen LogP contribution in [-0.2, 0) is 0 Å². The van der Waals surface area contributed by atoms with Crippen LogP contribution in [0.4, 0.5) is 0 Å². The third-order valence-electron chi connectivity index (χ3n) is 5.14. The third kappa shape index (κ3) is 1.72. The van der Waals surface area contributed by atoms with Gasteiger partial charge in [-0.1, -0.05) is 20.3 Å². The van der Waals surface area contributed by atoms with Gasteiger partial charge in [-0.3, -0.25) is 0 Å². The molecule has 0 aromatic heterocycles. The molecule has 2 saturated carbocycles. The van der Waals surface area contributed by atoms with Gasteiger partial charge in [0.15, 0.2) is 0 Å². The van der Waals surface area contributed by atoms with Crippen LogP contribution >= 0.6 is 0 Å². The van der Waals surface area contributed by atoms with Gasteiger partial charge < -0.3 is 10.2 Å². The summed E-state index contributed by atoms with van der Waals surface area (Å²) in [6, 6.07) is 0. The van der Waals surface area contributed by atoms with Crippen LogP contribution in [0, 0.1) is 23.2 Å². The highest BCUT2D eigenvalue weighted by molar-refractivity contribution is 5.01. The van der Waals surface area contributed by atoms with E-state index in [9.17, 15) is 10.2 Å². The summed E-state index contributed by atoms with van der Waals surface area (Å²) in [7, 11) is 0. The van der Waals surface area contributed by atoms with Crippen LogP contribution in [-0.4, -0.2) is 22.9 Å². The predicted molar refractivity (Wildman–Crippen MR) is 60.4 cm³/mol. The molecular formula is C13H24O2. The zero-order chi connectivity index (χ0) is 11.1. The van der Waals surface area contributed by atoms with Gasteiger partial charge in [0.05, 0.1) is 6.10 Å². The lowest BCUT2D eigenvalue weighted by atomic mass is 9.62. The average molecular weight is 212 g/mol. The second-order valence-electron chi connectivity index (χ2n) is 5.92. The van der Waals surface area contributed by atoms with Crippen molar-refractivity contribution in [2.75, 3.05) is 6.61 Å². The first-order valence-corrected chi connectivity index (χ1v) is 6.38. The minimum atomic E-state index is -0.0837. The van der Waals surface area contributed by atoms with Crippen molar-refractivity contribution in [1.29, 1.82) is 0 Å². The molecule has 2 fully saturated rings. The van der Waals surface area contributed by atoms with Gasteiger partial charge in [-0.05, 0) is 48.9 Å². The van der Waals surface area contributed by atoms with Gasteiger partial charge >= 0.3 is 0 Å². The first-order chi connectivity index (χ1) is 7.09. The Morgan fingerprint density at radius 2 is 2.07 bits per heavy atom. The number of rotatable bonds is 2. The quantitative estimate of drug-likeness (QED) is 0.736.